The number of hydrogen-bond donors (Lipinski definition) is 1. The topological polar surface area (TPSA) is 35.2 Å². The molecule has 0 heterocycles. The summed E-state index contributed by atoms with van der Waals surface area (Å²) in [6.45, 7) is 0.536. The quantitative estimate of drug-likeness (QED) is 0.643. The van der Waals surface area contributed by atoms with Crippen LogP contribution in [0.15, 0.2) is 6.07 Å². The van der Waals surface area contributed by atoms with Crippen LogP contribution in [-0.4, -0.2) is 13.7 Å². The van der Waals surface area contributed by atoms with Crippen LogP contribution >= 0.6 is 11.6 Å². The first-order valence-corrected chi connectivity index (χ1v) is 5.40. The predicted octanol–water partition coefficient (Wildman–Crippen LogP) is 2.91. The molecule has 0 saturated heterocycles. The minimum Gasteiger partial charge on any atom is -0.492 e. The molecule has 0 aliphatic carbocycles. The minimum atomic E-state index is -1.03. The SMILES string of the molecule is COc1c(Cl)cc(CCCCN)c(F)c1F. The van der Waals surface area contributed by atoms with Crippen molar-refractivity contribution in [3.63, 3.8) is 0 Å². The lowest BCUT2D eigenvalue weighted by Crippen LogP contribution is -2.02. The van der Waals surface area contributed by atoms with Crippen molar-refractivity contribution in [3.05, 3.63) is 28.3 Å². The fourth-order valence-corrected chi connectivity index (χ4v) is 1.75. The Morgan fingerprint density at radius 2 is 2.00 bits per heavy atom. The van der Waals surface area contributed by atoms with Gasteiger partial charge >= 0.3 is 0 Å². The van der Waals surface area contributed by atoms with E-state index >= 15 is 0 Å². The highest BCUT2D eigenvalue weighted by Crippen LogP contribution is 2.32. The van der Waals surface area contributed by atoms with Gasteiger partial charge in [0.1, 0.15) is 0 Å². The van der Waals surface area contributed by atoms with Crippen molar-refractivity contribution < 1.29 is 13.5 Å². The molecule has 16 heavy (non-hydrogen) atoms. The van der Waals surface area contributed by atoms with Crippen molar-refractivity contribution in [1.29, 1.82) is 0 Å². The summed E-state index contributed by atoms with van der Waals surface area (Å²) in [5.74, 6) is -2.17. The normalized spacial score (nSPS) is 10.6. The lowest BCUT2D eigenvalue weighted by atomic mass is 10.1. The van der Waals surface area contributed by atoms with Gasteiger partial charge in [0.25, 0.3) is 0 Å². The summed E-state index contributed by atoms with van der Waals surface area (Å²) >= 11 is 5.76. The van der Waals surface area contributed by atoms with Crippen LogP contribution in [0.4, 0.5) is 8.78 Å². The molecular formula is C11H14ClF2NO. The third-order valence-corrected chi connectivity index (χ3v) is 2.58. The van der Waals surface area contributed by atoms with Gasteiger partial charge in [0.2, 0.25) is 5.82 Å². The molecule has 0 atom stereocenters. The van der Waals surface area contributed by atoms with Gasteiger partial charge in [-0.15, -0.1) is 0 Å². The Morgan fingerprint density at radius 3 is 2.56 bits per heavy atom. The molecular weight excluding hydrogens is 236 g/mol. The van der Waals surface area contributed by atoms with Crippen molar-refractivity contribution in [1.82, 2.24) is 0 Å². The Morgan fingerprint density at radius 1 is 1.31 bits per heavy atom. The Bertz CT molecular complexity index is 371. The van der Waals surface area contributed by atoms with Gasteiger partial charge in [-0.25, -0.2) is 4.39 Å². The van der Waals surface area contributed by atoms with E-state index in [1.165, 1.54) is 13.2 Å². The minimum absolute atomic E-state index is 0.0872. The van der Waals surface area contributed by atoms with E-state index in [0.717, 1.165) is 6.42 Å². The van der Waals surface area contributed by atoms with Gasteiger partial charge in [0.05, 0.1) is 12.1 Å². The number of halogens is 3. The number of rotatable bonds is 5. The number of nitrogens with two attached hydrogens (primary N) is 1. The van der Waals surface area contributed by atoms with E-state index < -0.39 is 11.6 Å². The van der Waals surface area contributed by atoms with Crippen LogP contribution in [0.1, 0.15) is 18.4 Å². The van der Waals surface area contributed by atoms with Gasteiger partial charge in [-0.3, -0.25) is 0 Å². The van der Waals surface area contributed by atoms with Crippen LogP contribution in [0.5, 0.6) is 5.75 Å². The molecule has 1 rings (SSSR count). The van der Waals surface area contributed by atoms with Crippen LogP contribution in [0.2, 0.25) is 5.02 Å². The van der Waals surface area contributed by atoms with Gasteiger partial charge < -0.3 is 10.5 Å². The van der Waals surface area contributed by atoms with Crippen molar-refractivity contribution in [2.75, 3.05) is 13.7 Å². The van der Waals surface area contributed by atoms with E-state index in [-0.39, 0.29) is 16.3 Å². The average Bonchev–Trinajstić information content (AvgIpc) is 2.26. The van der Waals surface area contributed by atoms with Gasteiger partial charge in [-0.1, -0.05) is 11.6 Å². The molecule has 0 bridgehead atoms. The fourth-order valence-electron chi connectivity index (χ4n) is 1.46. The van der Waals surface area contributed by atoms with Crippen LogP contribution in [0, 0.1) is 11.6 Å². The van der Waals surface area contributed by atoms with Crippen LogP contribution < -0.4 is 10.5 Å². The summed E-state index contributed by atoms with van der Waals surface area (Å²) in [7, 11) is 1.25. The highest BCUT2D eigenvalue weighted by Gasteiger charge is 2.17. The number of aryl methyl sites for hydroxylation is 1. The number of benzene rings is 1. The lowest BCUT2D eigenvalue weighted by Gasteiger charge is -2.09. The Balaban J connectivity index is 2.94. The van der Waals surface area contributed by atoms with E-state index in [2.05, 4.69) is 4.74 Å². The molecule has 5 heteroatoms. The van der Waals surface area contributed by atoms with Gasteiger partial charge in [-0.05, 0) is 37.4 Å². The van der Waals surface area contributed by atoms with Crippen LogP contribution in [0.3, 0.4) is 0 Å². The maximum atomic E-state index is 13.5. The first kappa shape index (κ1) is 13.2. The first-order chi connectivity index (χ1) is 7.61. The highest BCUT2D eigenvalue weighted by atomic mass is 35.5. The molecule has 0 radical (unpaired) electrons. The number of unbranched alkanes of at least 4 members (excludes halogenated alkanes) is 1. The van der Waals surface area contributed by atoms with Crippen molar-refractivity contribution in [3.8, 4) is 5.75 Å². The summed E-state index contributed by atoms with van der Waals surface area (Å²) in [5, 5.41) is 0.0872. The van der Waals surface area contributed by atoms with Crippen molar-refractivity contribution in [2.45, 2.75) is 19.3 Å². The Kier molecular flexibility index (Phi) is 4.96. The second-order valence-corrected chi connectivity index (χ2v) is 3.83. The zero-order valence-corrected chi connectivity index (χ0v) is 9.78. The molecule has 2 nitrogen and oxygen atoms in total. The summed E-state index contributed by atoms with van der Waals surface area (Å²) in [6, 6.07) is 1.40. The van der Waals surface area contributed by atoms with Crippen molar-refractivity contribution in [2.24, 2.45) is 5.73 Å². The molecule has 0 unspecified atom stereocenters. The third-order valence-electron chi connectivity index (χ3n) is 2.30. The molecule has 0 amide bonds. The second-order valence-electron chi connectivity index (χ2n) is 3.42. The molecule has 2 N–H and O–H groups in total. The zero-order valence-electron chi connectivity index (χ0n) is 9.03. The van der Waals surface area contributed by atoms with E-state index in [1.807, 2.05) is 0 Å². The number of ether oxygens (including phenoxy) is 1. The zero-order chi connectivity index (χ0) is 12.1. The molecule has 0 aromatic heterocycles. The van der Waals surface area contributed by atoms with Crippen LogP contribution in [-0.2, 0) is 6.42 Å². The maximum absolute atomic E-state index is 13.5. The molecule has 1 aromatic carbocycles. The van der Waals surface area contributed by atoms with Crippen molar-refractivity contribution >= 4 is 11.6 Å². The summed E-state index contributed by atoms with van der Waals surface area (Å²) in [4.78, 5) is 0. The van der Waals surface area contributed by atoms with E-state index in [1.54, 1.807) is 0 Å². The second kappa shape index (κ2) is 6.01. The standard InChI is InChI=1S/C11H14ClF2NO/c1-16-11-8(12)6-7(4-2-3-5-15)9(13)10(11)14/h6H,2-5,15H2,1H3. The lowest BCUT2D eigenvalue weighted by molar-refractivity contribution is 0.370. The van der Waals surface area contributed by atoms with Gasteiger partial charge in [0, 0.05) is 0 Å². The smallest absolute Gasteiger partial charge is 0.202 e. The third kappa shape index (κ3) is 2.83. The fraction of sp³-hybridized carbons (Fsp3) is 0.455. The Labute approximate surface area is 98.3 Å². The maximum Gasteiger partial charge on any atom is 0.202 e. The number of hydrogen-bond acceptors (Lipinski definition) is 2. The molecule has 0 aliphatic heterocycles. The molecule has 90 valence electrons. The molecule has 0 saturated carbocycles. The van der Waals surface area contributed by atoms with E-state index in [9.17, 15) is 8.78 Å². The predicted molar refractivity (Wildman–Crippen MR) is 59.9 cm³/mol. The van der Waals surface area contributed by atoms with Gasteiger partial charge in [0.15, 0.2) is 11.6 Å². The average molecular weight is 250 g/mol. The molecule has 0 aliphatic rings. The monoisotopic (exact) mass is 249 g/mol. The highest BCUT2D eigenvalue weighted by molar-refractivity contribution is 6.32. The number of methoxy groups -OCH3 is 1. The molecule has 0 fully saturated rings. The Hall–Kier alpha value is -0.870. The molecule has 1 aromatic rings. The van der Waals surface area contributed by atoms with Crippen LogP contribution in [0.25, 0.3) is 0 Å². The summed E-state index contributed by atoms with van der Waals surface area (Å²) < 4.78 is 31.6. The summed E-state index contributed by atoms with van der Waals surface area (Å²) in [6.07, 6.45) is 1.89. The molecule has 0 spiro atoms. The first-order valence-electron chi connectivity index (χ1n) is 5.02. The van der Waals surface area contributed by atoms with E-state index in [4.69, 9.17) is 17.3 Å². The summed E-state index contributed by atoms with van der Waals surface area (Å²) in [5.41, 5.74) is 5.58. The largest absolute Gasteiger partial charge is 0.492 e. The van der Waals surface area contributed by atoms with E-state index in [0.29, 0.717) is 19.4 Å². The van der Waals surface area contributed by atoms with Gasteiger partial charge in [-0.2, -0.15) is 4.39 Å².